The maximum absolute atomic E-state index is 12.0. The molecule has 88 valence electrons. The summed E-state index contributed by atoms with van der Waals surface area (Å²) in [6.45, 7) is 1.47. The van der Waals surface area contributed by atoms with Crippen LogP contribution in [0.2, 0.25) is 5.02 Å². The number of likely N-dealkylation sites (N-methyl/N-ethyl adjacent to an activating group) is 2. The molecule has 0 aliphatic heterocycles. The summed E-state index contributed by atoms with van der Waals surface area (Å²) >= 11 is 8.03. The summed E-state index contributed by atoms with van der Waals surface area (Å²) in [6, 6.07) is 5.31. The van der Waals surface area contributed by atoms with Crippen LogP contribution in [0.15, 0.2) is 18.2 Å². The van der Waals surface area contributed by atoms with Gasteiger partial charge in [0.15, 0.2) is 0 Å². The molecule has 1 N–H and O–H groups in total. The number of carbonyl (C=O) groups is 1. The monoisotopic (exact) mass is 352 g/mol. The van der Waals surface area contributed by atoms with Crippen LogP contribution in [0.25, 0.3) is 0 Å². The maximum atomic E-state index is 12.0. The number of hydrogen-bond acceptors (Lipinski definition) is 2. The maximum Gasteiger partial charge on any atom is 0.253 e. The Labute approximate surface area is 114 Å². The lowest BCUT2D eigenvalue weighted by atomic mass is 10.2. The van der Waals surface area contributed by atoms with E-state index in [-0.39, 0.29) is 5.91 Å². The first kappa shape index (κ1) is 13.7. The van der Waals surface area contributed by atoms with E-state index >= 15 is 0 Å². The number of carbonyl (C=O) groups excluding carboxylic acids is 1. The lowest BCUT2D eigenvalue weighted by Gasteiger charge is -2.17. The lowest BCUT2D eigenvalue weighted by molar-refractivity contribution is 0.0797. The van der Waals surface area contributed by atoms with Crippen LogP contribution in [0.5, 0.6) is 0 Å². The van der Waals surface area contributed by atoms with Gasteiger partial charge in [0.1, 0.15) is 0 Å². The van der Waals surface area contributed by atoms with Gasteiger partial charge in [-0.3, -0.25) is 4.79 Å². The second-order valence-corrected chi connectivity index (χ2v) is 5.03. The topological polar surface area (TPSA) is 32.3 Å². The smallest absolute Gasteiger partial charge is 0.253 e. The van der Waals surface area contributed by atoms with Crippen LogP contribution in [-0.4, -0.2) is 38.0 Å². The number of hydrogen-bond donors (Lipinski definition) is 1. The van der Waals surface area contributed by atoms with Crippen LogP contribution in [-0.2, 0) is 0 Å². The molecule has 1 aromatic carbocycles. The Morgan fingerprint density at radius 1 is 1.56 bits per heavy atom. The SMILES string of the molecule is CNCCN(C)C(=O)c1ccc(Cl)c(I)c1. The van der Waals surface area contributed by atoms with Gasteiger partial charge in [-0.05, 0) is 47.8 Å². The molecule has 0 saturated carbocycles. The minimum atomic E-state index is 0.0184. The van der Waals surface area contributed by atoms with Gasteiger partial charge in [-0.25, -0.2) is 0 Å². The van der Waals surface area contributed by atoms with Crippen molar-refractivity contribution >= 4 is 40.1 Å². The first-order chi connectivity index (χ1) is 7.56. The number of halogens is 2. The zero-order valence-corrected chi connectivity index (χ0v) is 12.2. The Hall–Kier alpha value is -0.330. The van der Waals surface area contributed by atoms with Crippen molar-refractivity contribution in [2.45, 2.75) is 0 Å². The molecule has 1 aromatic rings. The van der Waals surface area contributed by atoms with Crippen LogP contribution < -0.4 is 5.32 Å². The van der Waals surface area contributed by atoms with Crippen LogP contribution in [0.3, 0.4) is 0 Å². The summed E-state index contributed by atoms with van der Waals surface area (Å²) < 4.78 is 0.895. The van der Waals surface area contributed by atoms with E-state index in [2.05, 4.69) is 27.9 Å². The molecule has 1 rings (SSSR count). The normalized spacial score (nSPS) is 10.2. The van der Waals surface area contributed by atoms with E-state index < -0.39 is 0 Å². The molecule has 0 unspecified atom stereocenters. The molecule has 0 heterocycles. The third-order valence-electron chi connectivity index (χ3n) is 2.21. The quantitative estimate of drug-likeness (QED) is 0.843. The second-order valence-electron chi connectivity index (χ2n) is 3.46. The number of nitrogens with zero attached hydrogens (tertiary/aromatic N) is 1. The van der Waals surface area contributed by atoms with Crippen molar-refractivity contribution in [3.8, 4) is 0 Å². The average molecular weight is 353 g/mol. The summed E-state index contributed by atoms with van der Waals surface area (Å²) in [7, 11) is 3.66. The first-order valence-corrected chi connectivity index (χ1v) is 6.37. The largest absolute Gasteiger partial charge is 0.340 e. The van der Waals surface area contributed by atoms with Gasteiger partial charge in [-0.15, -0.1) is 0 Å². The average Bonchev–Trinajstić information content (AvgIpc) is 2.28. The molecule has 1 amide bonds. The molecule has 16 heavy (non-hydrogen) atoms. The summed E-state index contributed by atoms with van der Waals surface area (Å²) in [5, 5.41) is 3.68. The molecule has 0 aromatic heterocycles. The van der Waals surface area contributed by atoms with E-state index in [1.807, 2.05) is 7.05 Å². The highest BCUT2D eigenvalue weighted by Crippen LogP contribution is 2.19. The predicted molar refractivity (Wildman–Crippen MR) is 75.1 cm³/mol. The molecule has 0 fully saturated rings. The van der Waals surface area contributed by atoms with Gasteiger partial charge in [-0.2, -0.15) is 0 Å². The highest BCUT2D eigenvalue weighted by Gasteiger charge is 2.12. The fourth-order valence-corrected chi connectivity index (χ4v) is 1.86. The second kappa shape index (κ2) is 6.42. The molecule has 0 aliphatic rings. The van der Waals surface area contributed by atoms with Crippen LogP contribution >= 0.6 is 34.2 Å². The third-order valence-corrected chi connectivity index (χ3v) is 3.75. The molecule has 0 radical (unpaired) electrons. The minimum absolute atomic E-state index is 0.0184. The van der Waals surface area contributed by atoms with Crippen molar-refractivity contribution in [1.29, 1.82) is 0 Å². The van der Waals surface area contributed by atoms with E-state index in [0.29, 0.717) is 17.1 Å². The molecule has 0 bridgehead atoms. The molecule has 5 heteroatoms. The van der Waals surface area contributed by atoms with Crippen molar-refractivity contribution in [2.75, 3.05) is 27.2 Å². The van der Waals surface area contributed by atoms with Crippen molar-refractivity contribution in [3.63, 3.8) is 0 Å². The Balaban J connectivity index is 2.76. The Morgan fingerprint density at radius 3 is 2.81 bits per heavy atom. The van der Waals surface area contributed by atoms with Crippen LogP contribution in [0.1, 0.15) is 10.4 Å². The molecule has 0 atom stereocenters. The van der Waals surface area contributed by atoms with Crippen molar-refractivity contribution in [3.05, 3.63) is 32.4 Å². The molecule has 3 nitrogen and oxygen atoms in total. The molecular formula is C11H14ClIN2O. The fraction of sp³-hybridized carbons (Fsp3) is 0.364. The van der Waals surface area contributed by atoms with Crippen LogP contribution in [0.4, 0.5) is 0 Å². The predicted octanol–water partition coefficient (Wildman–Crippen LogP) is 2.24. The first-order valence-electron chi connectivity index (χ1n) is 4.91. The van der Waals surface area contributed by atoms with Gasteiger partial charge >= 0.3 is 0 Å². The third kappa shape index (κ3) is 3.61. The van der Waals surface area contributed by atoms with Gasteiger partial charge in [0.2, 0.25) is 0 Å². The Bertz CT molecular complexity index is 384. The minimum Gasteiger partial charge on any atom is -0.340 e. The molecule has 0 aliphatic carbocycles. The van der Waals surface area contributed by atoms with Gasteiger partial charge < -0.3 is 10.2 Å². The molecule has 0 saturated heterocycles. The summed E-state index contributed by atoms with van der Waals surface area (Å²) in [6.07, 6.45) is 0. The highest BCUT2D eigenvalue weighted by atomic mass is 127. The number of benzene rings is 1. The van der Waals surface area contributed by atoms with Crippen molar-refractivity contribution in [1.82, 2.24) is 10.2 Å². The van der Waals surface area contributed by atoms with Gasteiger partial charge in [0.25, 0.3) is 5.91 Å². The Morgan fingerprint density at radius 2 is 2.25 bits per heavy atom. The zero-order chi connectivity index (χ0) is 12.1. The summed E-state index contributed by atoms with van der Waals surface area (Å²) in [4.78, 5) is 13.7. The van der Waals surface area contributed by atoms with E-state index in [1.54, 1.807) is 30.1 Å². The number of nitrogens with one attached hydrogen (secondary N) is 1. The Kier molecular flexibility index (Phi) is 5.51. The van der Waals surface area contributed by atoms with E-state index in [9.17, 15) is 4.79 Å². The fourth-order valence-electron chi connectivity index (χ4n) is 1.23. The lowest BCUT2D eigenvalue weighted by Crippen LogP contribution is -2.32. The molecule has 0 spiro atoms. The molecular weight excluding hydrogens is 338 g/mol. The van der Waals surface area contributed by atoms with Crippen molar-refractivity contribution < 1.29 is 4.79 Å². The van der Waals surface area contributed by atoms with E-state index in [0.717, 1.165) is 10.1 Å². The van der Waals surface area contributed by atoms with E-state index in [1.165, 1.54) is 0 Å². The van der Waals surface area contributed by atoms with Gasteiger partial charge in [-0.1, -0.05) is 11.6 Å². The number of amides is 1. The standard InChI is InChI=1S/C11H14ClIN2O/c1-14-5-6-15(2)11(16)8-3-4-9(12)10(13)7-8/h3-4,7,14H,5-6H2,1-2H3. The summed E-state index contributed by atoms with van der Waals surface area (Å²) in [5.74, 6) is 0.0184. The van der Waals surface area contributed by atoms with Crippen LogP contribution in [0, 0.1) is 3.57 Å². The summed E-state index contributed by atoms with van der Waals surface area (Å²) in [5.41, 5.74) is 0.674. The van der Waals surface area contributed by atoms with Gasteiger partial charge in [0, 0.05) is 29.3 Å². The van der Waals surface area contributed by atoms with Gasteiger partial charge in [0.05, 0.1) is 5.02 Å². The van der Waals surface area contributed by atoms with Crippen molar-refractivity contribution in [2.24, 2.45) is 0 Å². The van der Waals surface area contributed by atoms with E-state index in [4.69, 9.17) is 11.6 Å². The highest BCUT2D eigenvalue weighted by molar-refractivity contribution is 14.1. The zero-order valence-electron chi connectivity index (χ0n) is 9.26. The number of rotatable bonds is 4.